The van der Waals surface area contributed by atoms with Gasteiger partial charge in [-0.15, -0.1) is 0 Å². The summed E-state index contributed by atoms with van der Waals surface area (Å²) < 4.78 is 5.82. The molecule has 33 heavy (non-hydrogen) atoms. The molecular formula is C26H26ClN3O3. The smallest absolute Gasteiger partial charge is 0.248 e. The summed E-state index contributed by atoms with van der Waals surface area (Å²) in [6.07, 6.45) is 3.58. The number of halogens is 1. The second-order valence-corrected chi connectivity index (χ2v) is 8.16. The van der Waals surface area contributed by atoms with Gasteiger partial charge in [0.05, 0.1) is 16.4 Å². The zero-order valence-corrected chi connectivity index (χ0v) is 19.2. The van der Waals surface area contributed by atoms with Crippen LogP contribution < -0.4 is 10.2 Å². The predicted octanol–water partition coefficient (Wildman–Crippen LogP) is 5.31. The Hall–Kier alpha value is -3.51. The van der Waals surface area contributed by atoms with Gasteiger partial charge in [0.25, 0.3) is 0 Å². The van der Waals surface area contributed by atoms with E-state index in [9.17, 15) is 9.59 Å². The van der Waals surface area contributed by atoms with Crippen molar-refractivity contribution in [2.75, 3.05) is 36.4 Å². The van der Waals surface area contributed by atoms with Gasteiger partial charge >= 0.3 is 0 Å². The van der Waals surface area contributed by atoms with Crippen LogP contribution in [0.5, 0.6) is 0 Å². The van der Waals surface area contributed by atoms with E-state index in [1.165, 1.54) is 6.08 Å². The third kappa shape index (κ3) is 5.46. The van der Waals surface area contributed by atoms with Crippen LogP contribution >= 0.6 is 11.6 Å². The zero-order valence-electron chi connectivity index (χ0n) is 18.5. The molecule has 1 fully saturated rings. The van der Waals surface area contributed by atoms with E-state index in [-0.39, 0.29) is 11.8 Å². The average Bonchev–Trinajstić information content (AvgIpc) is 3.32. The molecule has 2 amide bonds. The number of amides is 2. The Morgan fingerprint density at radius 1 is 1.00 bits per heavy atom. The maximum atomic E-state index is 12.6. The largest absolute Gasteiger partial charge is 0.457 e. The Balaban J connectivity index is 1.43. The van der Waals surface area contributed by atoms with Gasteiger partial charge in [-0.1, -0.05) is 54.9 Å². The van der Waals surface area contributed by atoms with Crippen molar-refractivity contribution in [3.63, 3.8) is 0 Å². The standard InChI is InChI=1S/C26H26ClN3O3/c1-2-25(32)29-15-17-30(18-16-29)26-21(27)9-6-10-22(26)28-24(31)14-12-20-11-13-23(33-20)19-7-4-3-5-8-19/h3-14H,2,15-18H2,1H3,(H,28,31)/b14-12+. The van der Waals surface area contributed by atoms with Crippen molar-refractivity contribution >= 4 is 40.9 Å². The Kier molecular flexibility index (Phi) is 7.15. The molecule has 4 rings (SSSR count). The first-order valence-corrected chi connectivity index (χ1v) is 11.4. The fourth-order valence-electron chi connectivity index (χ4n) is 3.87. The van der Waals surface area contributed by atoms with E-state index >= 15 is 0 Å². The molecule has 0 bridgehead atoms. The number of para-hydroxylation sites is 1. The van der Waals surface area contributed by atoms with E-state index in [2.05, 4.69) is 10.2 Å². The molecule has 1 aromatic heterocycles. The summed E-state index contributed by atoms with van der Waals surface area (Å²) in [7, 11) is 0. The third-order valence-electron chi connectivity index (χ3n) is 5.58. The van der Waals surface area contributed by atoms with Crippen molar-refractivity contribution in [3.05, 3.63) is 77.5 Å². The monoisotopic (exact) mass is 463 g/mol. The molecule has 0 atom stereocenters. The molecule has 170 valence electrons. The minimum Gasteiger partial charge on any atom is -0.457 e. The summed E-state index contributed by atoms with van der Waals surface area (Å²) in [5.74, 6) is 1.21. The van der Waals surface area contributed by atoms with Gasteiger partial charge in [0.1, 0.15) is 11.5 Å². The number of anilines is 2. The maximum absolute atomic E-state index is 12.6. The van der Waals surface area contributed by atoms with Crippen LogP contribution in [0.15, 0.2) is 71.2 Å². The van der Waals surface area contributed by atoms with Crippen LogP contribution in [0.1, 0.15) is 19.1 Å². The fraction of sp³-hybridized carbons (Fsp3) is 0.231. The van der Waals surface area contributed by atoms with Gasteiger partial charge in [0.2, 0.25) is 11.8 Å². The second kappa shape index (κ2) is 10.4. The summed E-state index contributed by atoms with van der Waals surface area (Å²) >= 11 is 6.50. The fourth-order valence-corrected chi connectivity index (χ4v) is 4.17. The number of rotatable bonds is 6. The number of benzene rings is 2. The Morgan fingerprint density at radius 3 is 2.48 bits per heavy atom. The predicted molar refractivity (Wildman–Crippen MR) is 132 cm³/mol. The first kappa shape index (κ1) is 22.7. The highest BCUT2D eigenvalue weighted by molar-refractivity contribution is 6.34. The number of furan rings is 1. The minimum absolute atomic E-state index is 0.154. The molecule has 0 radical (unpaired) electrons. The highest BCUT2D eigenvalue weighted by Gasteiger charge is 2.23. The van der Waals surface area contributed by atoms with E-state index < -0.39 is 0 Å². The molecule has 1 aliphatic heterocycles. The topological polar surface area (TPSA) is 65.8 Å². The summed E-state index contributed by atoms with van der Waals surface area (Å²) in [5, 5.41) is 3.49. The van der Waals surface area contributed by atoms with Crippen molar-refractivity contribution < 1.29 is 14.0 Å². The first-order chi connectivity index (χ1) is 16.0. The van der Waals surface area contributed by atoms with E-state index in [0.29, 0.717) is 49.1 Å². The molecule has 0 saturated carbocycles. The molecule has 0 spiro atoms. The van der Waals surface area contributed by atoms with Gasteiger partial charge in [-0.3, -0.25) is 9.59 Å². The van der Waals surface area contributed by atoms with Gasteiger partial charge in [-0.05, 0) is 30.3 Å². The lowest BCUT2D eigenvalue weighted by atomic mass is 10.2. The van der Waals surface area contributed by atoms with Crippen LogP contribution in [0.2, 0.25) is 5.02 Å². The molecule has 7 heteroatoms. The van der Waals surface area contributed by atoms with Crippen LogP contribution in [-0.2, 0) is 9.59 Å². The SMILES string of the molecule is CCC(=O)N1CCN(c2c(Cl)cccc2NC(=O)/C=C/c2ccc(-c3ccccc3)o2)CC1. The normalized spacial score (nSPS) is 14.0. The van der Waals surface area contributed by atoms with Crippen molar-refractivity contribution in [2.24, 2.45) is 0 Å². The summed E-state index contributed by atoms with van der Waals surface area (Å²) in [4.78, 5) is 28.6. The number of nitrogens with zero attached hydrogens (tertiary/aromatic N) is 2. The summed E-state index contributed by atoms with van der Waals surface area (Å²) in [6.45, 7) is 4.45. The lowest BCUT2D eigenvalue weighted by Crippen LogP contribution is -2.48. The summed E-state index contributed by atoms with van der Waals surface area (Å²) in [5.41, 5.74) is 2.39. The van der Waals surface area contributed by atoms with Gasteiger partial charge < -0.3 is 19.5 Å². The van der Waals surface area contributed by atoms with E-state index in [1.807, 2.05) is 60.4 Å². The van der Waals surface area contributed by atoms with Gasteiger partial charge in [0.15, 0.2) is 0 Å². The van der Waals surface area contributed by atoms with Crippen molar-refractivity contribution in [2.45, 2.75) is 13.3 Å². The second-order valence-electron chi connectivity index (χ2n) is 7.75. The van der Waals surface area contributed by atoms with Crippen LogP contribution in [0, 0.1) is 0 Å². The third-order valence-corrected chi connectivity index (χ3v) is 5.88. The molecule has 1 N–H and O–H groups in total. The van der Waals surface area contributed by atoms with Gasteiger partial charge in [0, 0.05) is 44.2 Å². The van der Waals surface area contributed by atoms with Crippen LogP contribution in [0.3, 0.4) is 0 Å². The molecule has 0 aliphatic carbocycles. The number of hydrogen-bond acceptors (Lipinski definition) is 4. The van der Waals surface area contributed by atoms with E-state index in [1.54, 1.807) is 18.2 Å². The van der Waals surface area contributed by atoms with Gasteiger partial charge in [-0.2, -0.15) is 0 Å². The molecule has 0 unspecified atom stereocenters. The van der Waals surface area contributed by atoms with Crippen LogP contribution in [-0.4, -0.2) is 42.9 Å². The Bertz CT molecular complexity index is 1150. The van der Waals surface area contributed by atoms with Gasteiger partial charge in [-0.25, -0.2) is 0 Å². The lowest BCUT2D eigenvalue weighted by molar-refractivity contribution is -0.131. The minimum atomic E-state index is -0.282. The number of carbonyl (C=O) groups is 2. The molecule has 2 heterocycles. The molecular weight excluding hydrogens is 438 g/mol. The Morgan fingerprint density at radius 2 is 1.76 bits per heavy atom. The number of carbonyl (C=O) groups excluding carboxylic acids is 2. The first-order valence-electron chi connectivity index (χ1n) is 11.0. The molecule has 6 nitrogen and oxygen atoms in total. The molecule has 2 aromatic carbocycles. The molecule has 1 saturated heterocycles. The van der Waals surface area contributed by atoms with Crippen molar-refractivity contribution in [3.8, 4) is 11.3 Å². The quantitative estimate of drug-likeness (QED) is 0.503. The molecule has 3 aromatic rings. The van der Waals surface area contributed by atoms with Crippen molar-refractivity contribution in [1.82, 2.24) is 4.90 Å². The zero-order chi connectivity index (χ0) is 23.2. The Labute approximate surface area is 198 Å². The van der Waals surface area contributed by atoms with Crippen LogP contribution in [0.25, 0.3) is 17.4 Å². The molecule has 1 aliphatic rings. The number of piperazine rings is 1. The van der Waals surface area contributed by atoms with Crippen molar-refractivity contribution in [1.29, 1.82) is 0 Å². The summed E-state index contributed by atoms with van der Waals surface area (Å²) in [6, 6.07) is 18.9. The average molecular weight is 464 g/mol. The van der Waals surface area contributed by atoms with Crippen LogP contribution in [0.4, 0.5) is 11.4 Å². The lowest BCUT2D eigenvalue weighted by Gasteiger charge is -2.37. The number of hydrogen-bond donors (Lipinski definition) is 1. The van der Waals surface area contributed by atoms with E-state index in [0.717, 1.165) is 17.0 Å². The number of nitrogens with one attached hydrogen (secondary N) is 1. The highest BCUT2D eigenvalue weighted by atomic mass is 35.5. The van der Waals surface area contributed by atoms with E-state index in [4.69, 9.17) is 16.0 Å². The highest BCUT2D eigenvalue weighted by Crippen LogP contribution is 2.34. The maximum Gasteiger partial charge on any atom is 0.248 e.